The number of benzene rings is 1. The highest BCUT2D eigenvalue weighted by Crippen LogP contribution is 2.40. The van der Waals surface area contributed by atoms with Gasteiger partial charge in [0.1, 0.15) is 5.82 Å². The Bertz CT molecular complexity index is 427. The van der Waals surface area contributed by atoms with Crippen molar-refractivity contribution in [3.8, 4) is 0 Å². The first-order chi connectivity index (χ1) is 8.12. The Morgan fingerprint density at radius 3 is 2.39 bits per heavy atom. The Labute approximate surface area is 131 Å². The SMILES string of the molecule is CC(CC(Br)c1cc(Cl)c(Br)cc1F)C(C)(C)C. The van der Waals surface area contributed by atoms with E-state index in [0.29, 0.717) is 21.0 Å². The normalized spacial score (nSPS) is 15.6. The maximum atomic E-state index is 13.9. The third kappa shape index (κ3) is 4.21. The van der Waals surface area contributed by atoms with E-state index in [2.05, 4.69) is 59.6 Å². The van der Waals surface area contributed by atoms with Crippen molar-refractivity contribution in [3.63, 3.8) is 0 Å². The number of rotatable bonds is 3. The van der Waals surface area contributed by atoms with E-state index in [1.807, 2.05) is 0 Å². The standard InChI is InChI=1S/C14H18Br2ClF/c1-8(14(2,3)4)5-10(15)9-6-12(17)11(16)7-13(9)18/h6-8,10H,5H2,1-4H3. The largest absolute Gasteiger partial charge is 0.207 e. The van der Waals surface area contributed by atoms with Crippen LogP contribution in [0.2, 0.25) is 5.02 Å². The van der Waals surface area contributed by atoms with Gasteiger partial charge in [0, 0.05) is 14.9 Å². The summed E-state index contributed by atoms with van der Waals surface area (Å²) in [6, 6.07) is 3.11. The van der Waals surface area contributed by atoms with Gasteiger partial charge in [0.25, 0.3) is 0 Å². The third-order valence-corrected chi connectivity index (χ3v) is 5.48. The molecule has 0 amide bonds. The van der Waals surface area contributed by atoms with E-state index >= 15 is 0 Å². The van der Waals surface area contributed by atoms with Crippen molar-refractivity contribution in [2.45, 2.75) is 38.9 Å². The summed E-state index contributed by atoms with van der Waals surface area (Å²) in [5.74, 6) is 0.248. The second-order valence-electron chi connectivity index (χ2n) is 5.76. The minimum atomic E-state index is -0.228. The molecule has 18 heavy (non-hydrogen) atoms. The molecule has 0 saturated carbocycles. The average Bonchev–Trinajstić information content (AvgIpc) is 2.21. The molecule has 1 aromatic carbocycles. The second kappa shape index (κ2) is 6.23. The monoisotopic (exact) mass is 398 g/mol. The summed E-state index contributed by atoms with van der Waals surface area (Å²) in [5.41, 5.74) is 0.834. The van der Waals surface area contributed by atoms with Crippen LogP contribution in [0.3, 0.4) is 0 Å². The zero-order valence-corrected chi connectivity index (χ0v) is 15.0. The predicted octanol–water partition coefficient (Wildman–Crippen LogP) is 6.75. The number of hydrogen-bond donors (Lipinski definition) is 0. The molecular formula is C14H18Br2ClF. The summed E-state index contributed by atoms with van der Waals surface area (Å²) in [5, 5.41) is 0.541. The Hall–Kier alpha value is 0.400. The van der Waals surface area contributed by atoms with E-state index in [1.54, 1.807) is 6.07 Å². The molecule has 0 aliphatic rings. The summed E-state index contributed by atoms with van der Waals surface area (Å²) in [6.45, 7) is 8.78. The molecule has 0 radical (unpaired) electrons. The fraction of sp³-hybridized carbons (Fsp3) is 0.571. The van der Waals surface area contributed by atoms with Crippen molar-refractivity contribution < 1.29 is 4.39 Å². The van der Waals surface area contributed by atoms with E-state index in [4.69, 9.17) is 11.6 Å². The van der Waals surface area contributed by atoms with E-state index in [0.717, 1.165) is 6.42 Å². The van der Waals surface area contributed by atoms with Gasteiger partial charge < -0.3 is 0 Å². The van der Waals surface area contributed by atoms with E-state index in [9.17, 15) is 4.39 Å². The van der Waals surface area contributed by atoms with Gasteiger partial charge in [-0.1, -0.05) is 55.2 Å². The molecule has 2 unspecified atom stereocenters. The fourth-order valence-electron chi connectivity index (χ4n) is 1.57. The molecule has 1 aromatic rings. The fourth-order valence-corrected chi connectivity index (χ4v) is 2.97. The Balaban J connectivity index is 2.91. The van der Waals surface area contributed by atoms with Crippen LogP contribution in [-0.4, -0.2) is 0 Å². The second-order valence-corrected chi connectivity index (χ2v) is 8.12. The zero-order valence-electron chi connectivity index (χ0n) is 11.0. The summed E-state index contributed by atoms with van der Waals surface area (Å²) in [7, 11) is 0. The van der Waals surface area contributed by atoms with Crippen LogP contribution in [0.15, 0.2) is 16.6 Å². The minimum absolute atomic E-state index is 0.0164. The van der Waals surface area contributed by atoms with Gasteiger partial charge in [-0.25, -0.2) is 4.39 Å². The number of halogens is 4. The zero-order chi connectivity index (χ0) is 14.1. The van der Waals surface area contributed by atoms with Gasteiger partial charge in [0.2, 0.25) is 0 Å². The predicted molar refractivity (Wildman–Crippen MR) is 84.0 cm³/mol. The molecule has 0 spiro atoms. The highest BCUT2D eigenvalue weighted by atomic mass is 79.9. The van der Waals surface area contributed by atoms with Gasteiger partial charge in [-0.2, -0.15) is 0 Å². The molecular weight excluding hydrogens is 382 g/mol. The quantitative estimate of drug-likeness (QED) is 0.389. The first-order valence-corrected chi connectivity index (χ1v) is 8.00. The highest BCUT2D eigenvalue weighted by Gasteiger charge is 2.25. The van der Waals surface area contributed by atoms with Gasteiger partial charge in [0.05, 0.1) is 5.02 Å². The highest BCUT2D eigenvalue weighted by molar-refractivity contribution is 9.10. The number of alkyl halides is 1. The Morgan fingerprint density at radius 1 is 1.33 bits per heavy atom. The average molecular weight is 401 g/mol. The summed E-state index contributed by atoms with van der Waals surface area (Å²) < 4.78 is 14.5. The first kappa shape index (κ1) is 16.5. The van der Waals surface area contributed by atoms with Crippen molar-refractivity contribution in [2.75, 3.05) is 0 Å². The summed E-state index contributed by atoms with van der Waals surface area (Å²) in [4.78, 5) is -0.0164. The Morgan fingerprint density at radius 2 is 1.89 bits per heavy atom. The van der Waals surface area contributed by atoms with E-state index < -0.39 is 0 Å². The van der Waals surface area contributed by atoms with Crippen LogP contribution in [-0.2, 0) is 0 Å². The Kier molecular flexibility index (Phi) is 5.70. The van der Waals surface area contributed by atoms with Gasteiger partial charge in [-0.15, -0.1) is 0 Å². The molecule has 1 rings (SSSR count). The van der Waals surface area contributed by atoms with Gasteiger partial charge in [0.15, 0.2) is 0 Å². The third-order valence-electron chi connectivity index (χ3n) is 3.42. The molecule has 0 aliphatic carbocycles. The van der Waals surface area contributed by atoms with Crippen LogP contribution < -0.4 is 0 Å². The lowest BCUT2D eigenvalue weighted by Crippen LogP contribution is -2.18. The maximum absolute atomic E-state index is 13.9. The smallest absolute Gasteiger partial charge is 0.128 e. The molecule has 0 nitrogen and oxygen atoms in total. The van der Waals surface area contributed by atoms with Gasteiger partial charge in [-0.05, 0) is 45.8 Å². The van der Waals surface area contributed by atoms with Crippen LogP contribution in [0.1, 0.15) is 44.5 Å². The van der Waals surface area contributed by atoms with Crippen LogP contribution >= 0.6 is 43.5 Å². The van der Waals surface area contributed by atoms with Crippen molar-refractivity contribution in [3.05, 3.63) is 33.0 Å². The molecule has 2 atom stereocenters. The van der Waals surface area contributed by atoms with Crippen molar-refractivity contribution >= 4 is 43.5 Å². The van der Waals surface area contributed by atoms with Crippen LogP contribution in [0.4, 0.5) is 4.39 Å². The first-order valence-electron chi connectivity index (χ1n) is 5.91. The number of hydrogen-bond acceptors (Lipinski definition) is 0. The lowest BCUT2D eigenvalue weighted by atomic mass is 9.79. The molecule has 0 bridgehead atoms. The minimum Gasteiger partial charge on any atom is -0.207 e. The van der Waals surface area contributed by atoms with Crippen molar-refractivity contribution in [2.24, 2.45) is 11.3 Å². The summed E-state index contributed by atoms with van der Waals surface area (Å²) in [6.07, 6.45) is 0.873. The topological polar surface area (TPSA) is 0 Å². The van der Waals surface area contributed by atoms with E-state index in [1.165, 1.54) is 6.07 Å². The molecule has 0 fully saturated rings. The van der Waals surface area contributed by atoms with Crippen LogP contribution in [0.5, 0.6) is 0 Å². The molecule has 102 valence electrons. The van der Waals surface area contributed by atoms with Gasteiger partial charge >= 0.3 is 0 Å². The lowest BCUT2D eigenvalue weighted by molar-refractivity contribution is 0.246. The van der Waals surface area contributed by atoms with Crippen LogP contribution in [0.25, 0.3) is 0 Å². The molecule has 0 N–H and O–H groups in total. The molecule has 0 saturated heterocycles. The van der Waals surface area contributed by atoms with Gasteiger partial charge in [-0.3, -0.25) is 0 Å². The molecule has 0 aliphatic heterocycles. The van der Waals surface area contributed by atoms with E-state index in [-0.39, 0.29) is 16.1 Å². The van der Waals surface area contributed by atoms with Crippen molar-refractivity contribution in [1.82, 2.24) is 0 Å². The maximum Gasteiger partial charge on any atom is 0.128 e. The molecule has 0 heterocycles. The van der Waals surface area contributed by atoms with Crippen molar-refractivity contribution in [1.29, 1.82) is 0 Å². The molecule has 4 heteroatoms. The summed E-state index contributed by atoms with van der Waals surface area (Å²) >= 11 is 12.8. The van der Waals surface area contributed by atoms with Crippen LogP contribution in [0, 0.1) is 17.2 Å². The lowest BCUT2D eigenvalue weighted by Gasteiger charge is -2.29. The molecule has 0 aromatic heterocycles.